The van der Waals surface area contributed by atoms with Crippen molar-refractivity contribution in [2.45, 2.75) is 53.5 Å². The number of rotatable bonds is 5. The van der Waals surface area contributed by atoms with E-state index in [0.29, 0.717) is 18.5 Å². The molecule has 1 amide bonds. The third-order valence-corrected chi connectivity index (χ3v) is 2.97. The zero-order valence-corrected chi connectivity index (χ0v) is 13.2. The number of aryl methyl sites for hydroxylation is 2. The van der Waals surface area contributed by atoms with Gasteiger partial charge in [0.05, 0.1) is 17.0 Å². The third-order valence-electron chi connectivity index (χ3n) is 2.97. The van der Waals surface area contributed by atoms with E-state index in [2.05, 4.69) is 36.3 Å². The highest BCUT2D eigenvalue weighted by molar-refractivity contribution is 5.95. The predicted octanol–water partition coefficient (Wildman–Crippen LogP) is 1.84. The van der Waals surface area contributed by atoms with Crippen LogP contribution in [0.4, 0.5) is 0 Å². The lowest BCUT2D eigenvalue weighted by Gasteiger charge is -2.23. The highest BCUT2D eigenvalue weighted by atomic mass is 16.1. The summed E-state index contributed by atoms with van der Waals surface area (Å²) in [6, 6.07) is 1.73. The van der Waals surface area contributed by atoms with E-state index in [1.54, 1.807) is 6.07 Å². The molecule has 0 saturated carbocycles. The summed E-state index contributed by atoms with van der Waals surface area (Å²) in [4.78, 5) is 12.2. The average Bonchev–Trinajstić information content (AvgIpc) is 2.33. The minimum absolute atomic E-state index is 0.0417. The van der Waals surface area contributed by atoms with Crippen molar-refractivity contribution in [3.05, 3.63) is 23.0 Å². The maximum Gasteiger partial charge on any atom is 0.253 e. The van der Waals surface area contributed by atoms with E-state index < -0.39 is 0 Å². The van der Waals surface area contributed by atoms with Gasteiger partial charge in [0.1, 0.15) is 0 Å². The summed E-state index contributed by atoms with van der Waals surface area (Å²) in [5.74, 6) is -0.121. The molecule has 1 rings (SSSR count). The number of nitrogens with zero attached hydrogens (tertiary/aromatic N) is 2. The summed E-state index contributed by atoms with van der Waals surface area (Å²) >= 11 is 0. The molecule has 0 aliphatic heterocycles. The van der Waals surface area contributed by atoms with Gasteiger partial charge in [0.15, 0.2) is 0 Å². The molecule has 0 radical (unpaired) electrons. The molecule has 0 saturated heterocycles. The molecule has 1 unspecified atom stereocenters. The maximum atomic E-state index is 12.2. The van der Waals surface area contributed by atoms with Crippen LogP contribution in [0.3, 0.4) is 0 Å². The van der Waals surface area contributed by atoms with Crippen molar-refractivity contribution in [2.75, 3.05) is 6.54 Å². The highest BCUT2D eigenvalue weighted by Crippen LogP contribution is 2.19. The van der Waals surface area contributed by atoms with Crippen LogP contribution in [0.25, 0.3) is 0 Å². The number of aromatic nitrogens is 2. The summed E-state index contributed by atoms with van der Waals surface area (Å²) in [5, 5.41) is 10.9. The van der Waals surface area contributed by atoms with Crippen LogP contribution in [0.1, 0.15) is 55.9 Å². The Balaban J connectivity index is 2.65. The molecule has 5 nitrogen and oxygen atoms in total. The molecule has 0 fully saturated rings. The maximum absolute atomic E-state index is 12.2. The standard InChI is InChI=1S/C15H26N4O/c1-6-13-12(7-10(2)18-19-13)14(20)17-9-11(16)8-15(3,4)5/h7,11H,6,8-9,16H2,1-5H3,(H,17,20). The summed E-state index contributed by atoms with van der Waals surface area (Å²) in [6.45, 7) is 10.7. The van der Waals surface area contributed by atoms with Gasteiger partial charge in [-0.2, -0.15) is 10.2 Å². The van der Waals surface area contributed by atoms with Crippen molar-refractivity contribution >= 4 is 5.91 Å². The second kappa shape index (κ2) is 6.79. The fourth-order valence-electron chi connectivity index (χ4n) is 2.15. The van der Waals surface area contributed by atoms with Crippen molar-refractivity contribution in [3.8, 4) is 0 Å². The zero-order valence-electron chi connectivity index (χ0n) is 13.2. The van der Waals surface area contributed by atoms with Crippen molar-refractivity contribution in [2.24, 2.45) is 11.1 Å². The first-order valence-corrected chi connectivity index (χ1v) is 7.10. The quantitative estimate of drug-likeness (QED) is 0.861. The normalized spacial score (nSPS) is 13.1. The molecule has 1 heterocycles. The number of amides is 1. The largest absolute Gasteiger partial charge is 0.350 e. The van der Waals surface area contributed by atoms with Gasteiger partial charge in [-0.3, -0.25) is 4.79 Å². The predicted molar refractivity (Wildman–Crippen MR) is 80.5 cm³/mol. The summed E-state index contributed by atoms with van der Waals surface area (Å²) < 4.78 is 0. The van der Waals surface area contributed by atoms with Crippen LogP contribution >= 0.6 is 0 Å². The van der Waals surface area contributed by atoms with Crippen LogP contribution in [-0.4, -0.2) is 28.7 Å². The smallest absolute Gasteiger partial charge is 0.253 e. The van der Waals surface area contributed by atoms with Crippen LogP contribution in [0.5, 0.6) is 0 Å². The first kappa shape index (κ1) is 16.6. The van der Waals surface area contributed by atoms with E-state index in [-0.39, 0.29) is 17.4 Å². The molecule has 1 atom stereocenters. The van der Waals surface area contributed by atoms with E-state index in [0.717, 1.165) is 17.8 Å². The molecule has 1 aromatic heterocycles. The molecular formula is C15H26N4O. The first-order chi connectivity index (χ1) is 9.23. The second-order valence-electron chi connectivity index (χ2n) is 6.43. The Hall–Kier alpha value is -1.49. The molecule has 0 aromatic carbocycles. The lowest BCUT2D eigenvalue weighted by atomic mass is 9.88. The van der Waals surface area contributed by atoms with E-state index in [1.807, 2.05) is 13.8 Å². The Morgan fingerprint density at radius 1 is 1.40 bits per heavy atom. The fraction of sp³-hybridized carbons (Fsp3) is 0.667. The number of carbonyl (C=O) groups is 1. The highest BCUT2D eigenvalue weighted by Gasteiger charge is 2.18. The van der Waals surface area contributed by atoms with Gasteiger partial charge in [-0.05, 0) is 31.2 Å². The lowest BCUT2D eigenvalue weighted by Crippen LogP contribution is -2.39. The van der Waals surface area contributed by atoms with Crippen LogP contribution in [0.15, 0.2) is 6.07 Å². The summed E-state index contributed by atoms with van der Waals surface area (Å²) in [7, 11) is 0. The van der Waals surface area contributed by atoms with Gasteiger partial charge in [-0.15, -0.1) is 0 Å². The van der Waals surface area contributed by atoms with Gasteiger partial charge in [0.2, 0.25) is 0 Å². The molecule has 1 aromatic rings. The third kappa shape index (κ3) is 5.25. The van der Waals surface area contributed by atoms with Crippen LogP contribution in [0.2, 0.25) is 0 Å². The SMILES string of the molecule is CCc1nnc(C)cc1C(=O)NCC(N)CC(C)(C)C. The zero-order chi connectivity index (χ0) is 15.3. The minimum Gasteiger partial charge on any atom is -0.350 e. The van der Waals surface area contributed by atoms with Gasteiger partial charge >= 0.3 is 0 Å². The van der Waals surface area contributed by atoms with Crippen LogP contribution in [0, 0.1) is 12.3 Å². The van der Waals surface area contributed by atoms with Gasteiger partial charge < -0.3 is 11.1 Å². The molecule has 112 valence electrons. The fourth-order valence-corrected chi connectivity index (χ4v) is 2.15. The number of hydrogen-bond acceptors (Lipinski definition) is 4. The van der Waals surface area contributed by atoms with Gasteiger partial charge in [0, 0.05) is 12.6 Å². The minimum atomic E-state index is -0.121. The number of carbonyl (C=O) groups excluding carboxylic acids is 1. The van der Waals surface area contributed by atoms with Crippen molar-refractivity contribution < 1.29 is 4.79 Å². The van der Waals surface area contributed by atoms with Crippen molar-refractivity contribution in [3.63, 3.8) is 0 Å². The number of nitrogens with one attached hydrogen (secondary N) is 1. The van der Waals surface area contributed by atoms with Gasteiger partial charge in [-0.25, -0.2) is 0 Å². The van der Waals surface area contributed by atoms with Gasteiger partial charge in [0.25, 0.3) is 5.91 Å². The Kier molecular flexibility index (Phi) is 5.62. The molecule has 0 spiro atoms. The topological polar surface area (TPSA) is 80.9 Å². The van der Waals surface area contributed by atoms with E-state index in [1.165, 1.54) is 0 Å². The molecule has 0 aliphatic carbocycles. The van der Waals surface area contributed by atoms with Crippen LogP contribution in [-0.2, 0) is 6.42 Å². The van der Waals surface area contributed by atoms with Crippen molar-refractivity contribution in [1.29, 1.82) is 0 Å². The Bertz CT molecular complexity index is 465. The molecule has 0 aliphatic rings. The van der Waals surface area contributed by atoms with Crippen molar-refractivity contribution in [1.82, 2.24) is 15.5 Å². The first-order valence-electron chi connectivity index (χ1n) is 7.10. The number of hydrogen-bond donors (Lipinski definition) is 2. The van der Waals surface area contributed by atoms with Crippen LogP contribution < -0.4 is 11.1 Å². The molecule has 20 heavy (non-hydrogen) atoms. The lowest BCUT2D eigenvalue weighted by molar-refractivity contribution is 0.0947. The second-order valence-corrected chi connectivity index (χ2v) is 6.43. The summed E-state index contributed by atoms with van der Waals surface area (Å²) in [5.41, 5.74) is 8.27. The van der Waals surface area contributed by atoms with Gasteiger partial charge in [-0.1, -0.05) is 27.7 Å². The van der Waals surface area contributed by atoms with E-state index in [9.17, 15) is 4.79 Å². The Labute approximate surface area is 121 Å². The summed E-state index contributed by atoms with van der Waals surface area (Å²) in [6.07, 6.45) is 1.55. The molecule has 3 N–H and O–H groups in total. The Morgan fingerprint density at radius 2 is 2.05 bits per heavy atom. The van der Waals surface area contributed by atoms with E-state index >= 15 is 0 Å². The molecule has 5 heteroatoms. The number of nitrogens with two attached hydrogens (primary N) is 1. The molecule has 0 bridgehead atoms. The Morgan fingerprint density at radius 3 is 2.60 bits per heavy atom. The molecular weight excluding hydrogens is 252 g/mol. The monoisotopic (exact) mass is 278 g/mol. The van der Waals surface area contributed by atoms with E-state index in [4.69, 9.17) is 5.73 Å². The average molecular weight is 278 g/mol.